The summed E-state index contributed by atoms with van der Waals surface area (Å²) in [5.74, 6) is 0.569. The van der Waals surface area contributed by atoms with Gasteiger partial charge in [0.2, 0.25) is 10.0 Å². The molecule has 1 heterocycles. The van der Waals surface area contributed by atoms with Gasteiger partial charge in [0.15, 0.2) is 0 Å². The van der Waals surface area contributed by atoms with Crippen LogP contribution in [0.3, 0.4) is 0 Å². The minimum Gasteiger partial charge on any atom is -0.299 e. The zero-order valence-electron chi connectivity index (χ0n) is 10.9. The third-order valence-corrected chi connectivity index (χ3v) is 6.13. The van der Waals surface area contributed by atoms with E-state index >= 15 is 0 Å². The highest BCUT2D eigenvalue weighted by Crippen LogP contribution is 2.39. The maximum atomic E-state index is 12.5. The Bertz CT molecular complexity index is 606. The van der Waals surface area contributed by atoms with Crippen LogP contribution in [-0.4, -0.2) is 31.6 Å². The Balaban J connectivity index is 1.84. The first-order chi connectivity index (χ1) is 8.98. The molecular formula is C14H17NO3S. The lowest BCUT2D eigenvalue weighted by Gasteiger charge is -2.43. The molecule has 0 N–H and O–H groups in total. The van der Waals surface area contributed by atoms with Crippen molar-refractivity contribution >= 4 is 15.8 Å². The van der Waals surface area contributed by atoms with E-state index in [9.17, 15) is 13.2 Å². The Morgan fingerprint density at radius 2 is 1.89 bits per heavy atom. The van der Waals surface area contributed by atoms with E-state index in [2.05, 4.69) is 0 Å². The molecule has 3 rings (SSSR count). The van der Waals surface area contributed by atoms with Gasteiger partial charge in [-0.25, -0.2) is 8.42 Å². The lowest BCUT2D eigenvalue weighted by atomic mass is 9.69. The molecule has 0 amide bonds. The van der Waals surface area contributed by atoms with Crippen LogP contribution in [-0.2, 0) is 14.8 Å². The molecule has 2 fully saturated rings. The third kappa shape index (κ3) is 2.11. The minimum absolute atomic E-state index is 0.0611. The number of Topliss-reactive ketones (excluding diaryl/α,β-unsaturated/α-hetero) is 1. The minimum atomic E-state index is -3.44. The first-order valence-electron chi connectivity index (χ1n) is 6.58. The van der Waals surface area contributed by atoms with Gasteiger partial charge in [-0.15, -0.1) is 0 Å². The van der Waals surface area contributed by atoms with E-state index in [1.54, 1.807) is 24.3 Å². The summed E-state index contributed by atoms with van der Waals surface area (Å²) in [6.07, 6.45) is 1.45. The summed E-state index contributed by atoms with van der Waals surface area (Å²) in [7, 11) is -3.44. The number of benzene rings is 1. The van der Waals surface area contributed by atoms with Crippen molar-refractivity contribution in [1.29, 1.82) is 0 Å². The Kier molecular flexibility index (Phi) is 2.98. The van der Waals surface area contributed by atoms with Crippen LogP contribution in [0.4, 0.5) is 0 Å². The molecule has 1 aromatic carbocycles. The fraction of sp³-hybridized carbons (Fsp3) is 0.500. The van der Waals surface area contributed by atoms with Crippen LogP contribution in [0, 0.1) is 18.8 Å². The van der Waals surface area contributed by atoms with Crippen LogP contribution >= 0.6 is 0 Å². The highest BCUT2D eigenvalue weighted by Gasteiger charge is 2.45. The SMILES string of the molecule is Cc1ccc(S(=O)(=O)N2CC[C@H]3CC(=O)[C@H]3C2)cc1. The summed E-state index contributed by atoms with van der Waals surface area (Å²) in [5.41, 5.74) is 1.03. The third-order valence-electron chi connectivity index (χ3n) is 4.25. The summed E-state index contributed by atoms with van der Waals surface area (Å²) in [6, 6.07) is 6.88. The van der Waals surface area contributed by atoms with Crippen molar-refractivity contribution in [3.63, 3.8) is 0 Å². The highest BCUT2D eigenvalue weighted by molar-refractivity contribution is 7.89. The number of carbonyl (C=O) groups is 1. The van der Waals surface area contributed by atoms with Gasteiger partial charge in [0.05, 0.1) is 4.90 Å². The smallest absolute Gasteiger partial charge is 0.243 e. The first kappa shape index (κ1) is 12.8. The van der Waals surface area contributed by atoms with Crippen LogP contribution in [0.5, 0.6) is 0 Å². The van der Waals surface area contributed by atoms with Gasteiger partial charge in [-0.05, 0) is 31.4 Å². The molecule has 1 saturated carbocycles. The summed E-state index contributed by atoms with van der Waals surface area (Å²) >= 11 is 0. The standard InChI is InChI=1S/C14H17NO3S/c1-10-2-4-12(5-3-10)19(17,18)15-7-6-11-8-14(16)13(11)9-15/h2-5,11,13H,6-9H2,1H3/t11-,13-/m0/s1. The van der Waals surface area contributed by atoms with Crippen molar-refractivity contribution in [3.05, 3.63) is 29.8 Å². The molecule has 1 aliphatic carbocycles. The molecule has 1 saturated heterocycles. The summed E-state index contributed by atoms with van der Waals surface area (Å²) in [4.78, 5) is 11.8. The monoisotopic (exact) mass is 279 g/mol. The average molecular weight is 279 g/mol. The van der Waals surface area contributed by atoms with Gasteiger partial charge in [-0.2, -0.15) is 4.31 Å². The van der Waals surface area contributed by atoms with E-state index in [1.807, 2.05) is 6.92 Å². The Morgan fingerprint density at radius 3 is 2.53 bits per heavy atom. The number of aryl methyl sites for hydroxylation is 1. The normalized spacial score (nSPS) is 27.7. The number of hydrogen-bond donors (Lipinski definition) is 0. The molecule has 0 aromatic heterocycles. The van der Waals surface area contributed by atoms with Gasteiger partial charge in [0.1, 0.15) is 5.78 Å². The molecule has 1 aliphatic heterocycles. The van der Waals surface area contributed by atoms with E-state index in [4.69, 9.17) is 0 Å². The molecular weight excluding hydrogens is 262 g/mol. The molecule has 0 unspecified atom stereocenters. The van der Waals surface area contributed by atoms with E-state index in [-0.39, 0.29) is 11.7 Å². The molecule has 102 valence electrons. The summed E-state index contributed by atoms with van der Waals surface area (Å²) in [6.45, 7) is 2.82. The van der Waals surface area contributed by atoms with Crippen molar-refractivity contribution in [2.75, 3.05) is 13.1 Å². The van der Waals surface area contributed by atoms with Crippen molar-refractivity contribution in [2.45, 2.75) is 24.7 Å². The Morgan fingerprint density at radius 1 is 1.21 bits per heavy atom. The highest BCUT2D eigenvalue weighted by atomic mass is 32.2. The number of rotatable bonds is 2. The van der Waals surface area contributed by atoms with Crippen molar-refractivity contribution in [3.8, 4) is 0 Å². The Hall–Kier alpha value is -1.20. The number of piperidine rings is 1. The second-order valence-corrected chi connectivity index (χ2v) is 7.44. The quantitative estimate of drug-likeness (QED) is 0.826. The van der Waals surface area contributed by atoms with Gasteiger partial charge in [0, 0.05) is 25.4 Å². The number of nitrogens with zero attached hydrogens (tertiary/aromatic N) is 1. The molecule has 0 bridgehead atoms. The van der Waals surface area contributed by atoms with Gasteiger partial charge in [-0.3, -0.25) is 4.79 Å². The van der Waals surface area contributed by atoms with E-state index in [1.165, 1.54) is 4.31 Å². The van der Waals surface area contributed by atoms with Crippen molar-refractivity contribution in [1.82, 2.24) is 4.31 Å². The molecule has 0 radical (unpaired) electrons. The predicted octanol–water partition coefficient (Wildman–Crippen LogP) is 1.59. The predicted molar refractivity (Wildman–Crippen MR) is 71.2 cm³/mol. The second-order valence-electron chi connectivity index (χ2n) is 5.50. The topological polar surface area (TPSA) is 54.5 Å². The fourth-order valence-electron chi connectivity index (χ4n) is 2.91. The van der Waals surface area contributed by atoms with Crippen LogP contribution < -0.4 is 0 Å². The van der Waals surface area contributed by atoms with E-state index < -0.39 is 10.0 Å². The molecule has 4 nitrogen and oxygen atoms in total. The largest absolute Gasteiger partial charge is 0.299 e. The number of carbonyl (C=O) groups excluding carboxylic acids is 1. The Labute approximate surface area is 113 Å². The van der Waals surface area contributed by atoms with Crippen LogP contribution in [0.2, 0.25) is 0 Å². The van der Waals surface area contributed by atoms with Crippen molar-refractivity contribution in [2.24, 2.45) is 11.8 Å². The van der Waals surface area contributed by atoms with E-state index in [0.717, 1.165) is 12.0 Å². The molecule has 0 spiro atoms. The fourth-order valence-corrected chi connectivity index (χ4v) is 4.39. The maximum absolute atomic E-state index is 12.5. The second kappa shape index (κ2) is 4.42. The lowest BCUT2D eigenvalue weighted by Crippen LogP contribution is -2.52. The first-order valence-corrected chi connectivity index (χ1v) is 8.02. The van der Waals surface area contributed by atoms with Gasteiger partial charge < -0.3 is 0 Å². The molecule has 5 heteroatoms. The summed E-state index contributed by atoms with van der Waals surface area (Å²) < 4.78 is 26.5. The van der Waals surface area contributed by atoms with Crippen LogP contribution in [0.1, 0.15) is 18.4 Å². The number of sulfonamides is 1. The van der Waals surface area contributed by atoms with Crippen LogP contribution in [0.15, 0.2) is 29.2 Å². The number of hydrogen-bond acceptors (Lipinski definition) is 3. The molecule has 19 heavy (non-hydrogen) atoms. The molecule has 2 atom stereocenters. The number of ketones is 1. The molecule has 1 aromatic rings. The lowest BCUT2D eigenvalue weighted by molar-refractivity contribution is -0.136. The van der Waals surface area contributed by atoms with Gasteiger partial charge in [-0.1, -0.05) is 17.7 Å². The zero-order chi connectivity index (χ0) is 13.6. The van der Waals surface area contributed by atoms with Crippen LogP contribution in [0.25, 0.3) is 0 Å². The van der Waals surface area contributed by atoms with E-state index in [0.29, 0.717) is 30.3 Å². The van der Waals surface area contributed by atoms with Crippen molar-refractivity contribution < 1.29 is 13.2 Å². The van der Waals surface area contributed by atoms with Gasteiger partial charge in [0.25, 0.3) is 0 Å². The summed E-state index contributed by atoms with van der Waals surface area (Å²) in [5, 5.41) is 0. The number of fused-ring (bicyclic) bond motifs is 1. The zero-order valence-corrected chi connectivity index (χ0v) is 11.7. The molecule has 2 aliphatic rings. The van der Waals surface area contributed by atoms with Gasteiger partial charge >= 0.3 is 0 Å². The maximum Gasteiger partial charge on any atom is 0.243 e. The average Bonchev–Trinajstić information content (AvgIpc) is 2.38.